The number of anilines is 1. The van der Waals surface area contributed by atoms with Crippen LogP contribution in [0.1, 0.15) is 30.3 Å². The van der Waals surface area contributed by atoms with Crippen molar-refractivity contribution >= 4 is 23.1 Å². The van der Waals surface area contributed by atoms with Crippen LogP contribution in [0.2, 0.25) is 0 Å². The number of rotatable bonds is 7. The molecule has 0 aromatic carbocycles. The van der Waals surface area contributed by atoms with E-state index in [1.165, 1.54) is 36.6 Å². The van der Waals surface area contributed by atoms with Gasteiger partial charge < -0.3 is 10.6 Å². The van der Waals surface area contributed by atoms with Crippen LogP contribution in [-0.4, -0.2) is 38.8 Å². The summed E-state index contributed by atoms with van der Waals surface area (Å²) in [5, 5.41) is 14.9. The molecule has 0 radical (unpaired) electrons. The van der Waals surface area contributed by atoms with Gasteiger partial charge in [0, 0.05) is 36.2 Å². The van der Waals surface area contributed by atoms with Gasteiger partial charge in [0.2, 0.25) is 5.91 Å². The smallest absolute Gasteiger partial charge is 0.217 e. The van der Waals surface area contributed by atoms with E-state index in [-0.39, 0.29) is 24.4 Å². The van der Waals surface area contributed by atoms with E-state index in [1.54, 1.807) is 18.3 Å². The predicted octanol–water partition coefficient (Wildman–Crippen LogP) is 3.25. The van der Waals surface area contributed by atoms with Gasteiger partial charge in [-0.1, -0.05) is 0 Å². The highest BCUT2D eigenvalue weighted by Crippen LogP contribution is 2.45. The summed E-state index contributed by atoms with van der Waals surface area (Å²) in [5.41, 5.74) is 0.196. The summed E-state index contributed by atoms with van der Waals surface area (Å²) in [6.07, 6.45) is 2.69. The van der Waals surface area contributed by atoms with Gasteiger partial charge in [-0.2, -0.15) is 0 Å². The zero-order valence-corrected chi connectivity index (χ0v) is 17.0. The third-order valence-corrected chi connectivity index (χ3v) is 6.06. The molecule has 2 N–H and O–H groups in total. The summed E-state index contributed by atoms with van der Waals surface area (Å²) in [4.78, 5) is 20.4. The van der Waals surface area contributed by atoms with Crippen molar-refractivity contribution in [3.05, 3.63) is 53.0 Å². The highest BCUT2D eigenvalue weighted by atomic mass is 32.1. The molecule has 0 spiro atoms. The second-order valence-corrected chi connectivity index (χ2v) is 8.43. The Hall–Kier alpha value is -3.01. The number of amides is 1. The number of halogens is 2. The van der Waals surface area contributed by atoms with E-state index in [1.807, 2.05) is 0 Å². The van der Waals surface area contributed by atoms with Gasteiger partial charge in [-0.15, -0.1) is 21.5 Å². The first-order valence-corrected chi connectivity index (χ1v) is 10.3. The minimum atomic E-state index is -0.960. The molecule has 0 aliphatic heterocycles. The van der Waals surface area contributed by atoms with Gasteiger partial charge in [0.05, 0.1) is 12.2 Å². The fraction of sp³-hybridized carbons (Fsp3) is 0.350. The Kier molecular flexibility index (Phi) is 5.67. The first-order chi connectivity index (χ1) is 14.4. The number of aromatic nitrogens is 4. The van der Waals surface area contributed by atoms with E-state index in [0.29, 0.717) is 29.6 Å². The maximum Gasteiger partial charge on any atom is 0.217 e. The van der Waals surface area contributed by atoms with E-state index < -0.39 is 17.4 Å². The number of hydrogen-bond donors (Lipinski definition) is 2. The van der Waals surface area contributed by atoms with Crippen LogP contribution >= 0.6 is 11.3 Å². The average Bonchev–Trinajstić information content (AvgIpc) is 3.19. The van der Waals surface area contributed by atoms with Crippen LogP contribution in [0.15, 0.2) is 36.7 Å². The molecule has 0 bridgehead atoms. The average molecular weight is 430 g/mol. The molecule has 3 aromatic heterocycles. The molecule has 7 nitrogen and oxygen atoms in total. The van der Waals surface area contributed by atoms with Crippen molar-refractivity contribution in [3.63, 3.8) is 0 Å². The van der Waals surface area contributed by atoms with Gasteiger partial charge in [-0.25, -0.2) is 13.8 Å². The lowest BCUT2D eigenvalue weighted by Gasteiger charge is -2.43. The molecular weight excluding hydrogens is 410 g/mol. The van der Waals surface area contributed by atoms with Crippen LogP contribution in [0.4, 0.5) is 14.6 Å². The van der Waals surface area contributed by atoms with Gasteiger partial charge in [0.15, 0.2) is 0 Å². The third kappa shape index (κ3) is 4.28. The van der Waals surface area contributed by atoms with Crippen molar-refractivity contribution in [2.24, 2.45) is 0 Å². The number of nitrogens with one attached hydrogen (secondary N) is 2. The molecule has 1 aliphatic carbocycles. The molecule has 3 heterocycles. The fourth-order valence-electron chi connectivity index (χ4n) is 3.51. The van der Waals surface area contributed by atoms with Crippen molar-refractivity contribution in [2.45, 2.75) is 37.9 Å². The van der Waals surface area contributed by atoms with Crippen LogP contribution in [0.5, 0.6) is 0 Å². The van der Waals surface area contributed by atoms with Crippen molar-refractivity contribution < 1.29 is 13.6 Å². The Morgan fingerprint density at radius 3 is 2.77 bits per heavy atom. The molecule has 1 saturated carbocycles. The number of alkyl halides is 1. The van der Waals surface area contributed by atoms with E-state index in [9.17, 15) is 13.6 Å². The quantitative estimate of drug-likeness (QED) is 0.598. The predicted molar refractivity (Wildman–Crippen MR) is 109 cm³/mol. The summed E-state index contributed by atoms with van der Waals surface area (Å²) >= 11 is 1.42. The number of thiazole rings is 1. The second-order valence-electron chi connectivity index (χ2n) is 7.32. The molecule has 3 aromatic rings. The number of carbonyl (C=O) groups is 1. The fourth-order valence-corrected chi connectivity index (χ4v) is 4.32. The maximum atomic E-state index is 14.2. The highest BCUT2D eigenvalue weighted by Gasteiger charge is 2.48. The van der Waals surface area contributed by atoms with E-state index in [4.69, 9.17) is 0 Å². The monoisotopic (exact) mass is 430 g/mol. The molecule has 1 amide bonds. The lowest BCUT2D eigenvalue weighted by molar-refractivity contribution is -0.119. The zero-order chi connectivity index (χ0) is 21.1. The molecule has 0 atom stereocenters. The molecule has 1 aliphatic rings. The van der Waals surface area contributed by atoms with Crippen LogP contribution in [0.3, 0.4) is 0 Å². The Morgan fingerprint density at radius 2 is 2.10 bits per heavy atom. The highest BCUT2D eigenvalue weighted by molar-refractivity contribution is 7.15. The van der Waals surface area contributed by atoms with Crippen LogP contribution in [0, 0.1) is 5.82 Å². The largest absolute Gasteiger partial charge is 0.368 e. The van der Waals surface area contributed by atoms with E-state index in [0.717, 1.165) is 4.88 Å². The minimum absolute atomic E-state index is 0.103. The molecule has 0 unspecified atom stereocenters. The summed E-state index contributed by atoms with van der Waals surface area (Å²) in [6.45, 7) is 2.19. The van der Waals surface area contributed by atoms with Crippen molar-refractivity contribution in [1.29, 1.82) is 0 Å². The van der Waals surface area contributed by atoms with E-state index in [2.05, 4.69) is 30.8 Å². The number of hydrogen-bond acceptors (Lipinski definition) is 7. The molecule has 4 rings (SSSR count). The molecule has 10 heteroatoms. The van der Waals surface area contributed by atoms with Gasteiger partial charge in [0.1, 0.15) is 28.5 Å². The van der Waals surface area contributed by atoms with Crippen molar-refractivity contribution in [1.82, 2.24) is 25.5 Å². The SMILES string of the molecule is CC(=O)NCc1cnc(-c2ccc(NC[C@]3(c4ncccc4F)C[C@@H](F)C3)nn2)s1. The topological polar surface area (TPSA) is 92.7 Å². The molecule has 1 fully saturated rings. The van der Waals surface area contributed by atoms with Gasteiger partial charge in [-0.3, -0.25) is 9.78 Å². The van der Waals surface area contributed by atoms with Gasteiger partial charge >= 0.3 is 0 Å². The molecular formula is C20H20F2N6OS. The van der Waals surface area contributed by atoms with Crippen LogP contribution in [-0.2, 0) is 16.8 Å². The first-order valence-electron chi connectivity index (χ1n) is 9.47. The summed E-state index contributed by atoms with van der Waals surface area (Å²) in [6, 6.07) is 6.41. The van der Waals surface area contributed by atoms with Crippen LogP contribution < -0.4 is 10.6 Å². The second kappa shape index (κ2) is 8.39. The number of nitrogens with zero attached hydrogens (tertiary/aromatic N) is 4. The minimum Gasteiger partial charge on any atom is -0.368 e. The van der Waals surface area contributed by atoms with E-state index >= 15 is 0 Å². The number of carbonyl (C=O) groups excluding carboxylic acids is 1. The zero-order valence-electron chi connectivity index (χ0n) is 16.2. The molecule has 156 valence electrons. The van der Waals surface area contributed by atoms with Crippen LogP contribution in [0.25, 0.3) is 10.7 Å². The Labute approximate surface area is 176 Å². The Morgan fingerprint density at radius 1 is 1.27 bits per heavy atom. The summed E-state index contributed by atoms with van der Waals surface area (Å²) < 4.78 is 27.9. The third-order valence-electron chi connectivity index (χ3n) is 5.04. The molecule has 0 saturated heterocycles. The van der Waals surface area contributed by atoms with Crippen molar-refractivity contribution in [2.75, 3.05) is 11.9 Å². The normalized spacial score (nSPS) is 20.4. The Bertz CT molecular complexity index is 1040. The lowest BCUT2D eigenvalue weighted by atomic mass is 9.65. The summed E-state index contributed by atoms with van der Waals surface area (Å²) in [5.74, 6) is -0.0210. The standard InChI is InChI=1S/C20H20F2N6OS/c1-12(29)24-9-14-10-25-19(30-14)16-4-5-17(28-27-16)26-11-20(7-13(21)8-20)18-15(22)3-2-6-23-18/h2-6,10,13H,7-9,11H2,1H3,(H,24,29)(H,26,28)/t13-,20+. The lowest BCUT2D eigenvalue weighted by Crippen LogP contribution is -2.49. The Balaban J connectivity index is 1.42. The molecule has 30 heavy (non-hydrogen) atoms. The number of pyridine rings is 1. The maximum absolute atomic E-state index is 14.2. The van der Waals surface area contributed by atoms with Gasteiger partial charge in [0.25, 0.3) is 0 Å². The van der Waals surface area contributed by atoms with Crippen molar-refractivity contribution in [3.8, 4) is 10.7 Å². The van der Waals surface area contributed by atoms with Gasteiger partial charge in [-0.05, 0) is 37.1 Å². The first kappa shape index (κ1) is 20.3. The summed E-state index contributed by atoms with van der Waals surface area (Å²) in [7, 11) is 0.